The van der Waals surface area contributed by atoms with Crippen molar-refractivity contribution in [1.82, 2.24) is 4.90 Å². The van der Waals surface area contributed by atoms with E-state index >= 15 is 0 Å². The summed E-state index contributed by atoms with van der Waals surface area (Å²) in [6.45, 7) is 9.78. The van der Waals surface area contributed by atoms with Crippen LogP contribution in [0.25, 0.3) is 0 Å². The summed E-state index contributed by atoms with van der Waals surface area (Å²) < 4.78 is 5.59. The zero-order chi connectivity index (χ0) is 13.2. The van der Waals surface area contributed by atoms with E-state index < -0.39 is 0 Å². The second kappa shape index (κ2) is 5.39. The Morgan fingerprint density at radius 3 is 2.72 bits per heavy atom. The van der Waals surface area contributed by atoms with E-state index in [2.05, 4.69) is 49.9 Å². The Labute approximate surface area is 110 Å². The fraction of sp³-hybridized carbons (Fsp3) is 0.600. The van der Waals surface area contributed by atoms with Crippen molar-refractivity contribution < 1.29 is 4.74 Å². The van der Waals surface area contributed by atoms with Crippen LogP contribution in [-0.2, 0) is 4.74 Å². The van der Waals surface area contributed by atoms with E-state index in [9.17, 15) is 0 Å². The maximum Gasteiger partial charge on any atom is 0.0645 e. The molecule has 3 heteroatoms. The van der Waals surface area contributed by atoms with E-state index in [0.29, 0.717) is 6.54 Å². The summed E-state index contributed by atoms with van der Waals surface area (Å²) in [5, 5.41) is 0. The number of benzene rings is 1. The number of rotatable bonds is 3. The fourth-order valence-electron chi connectivity index (χ4n) is 2.83. The van der Waals surface area contributed by atoms with Gasteiger partial charge in [0.25, 0.3) is 0 Å². The number of hydrogen-bond acceptors (Lipinski definition) is 3. The van der Waals surface area contributed by atoms with Gasteiger partial charge in [-0.15, -0.1) is 0 Å². The molecule has 0 bridgehead atoms. The first-order valence-corrected chi connectivity index (χ1v) is 6.66. The van der Waals surface area contributed by atoms with Gasteiger partial charge in [-0.25, -0.2) is 0 Å². The third-order valence-electron chi connectivity index (χ3n) is 3.86. The molecule has 2 N–H and O–H groups in total. The molecule has 2 rings (SSSR count). The van der Waals surface area contributed by atoms with Crippen LogP contribution in [0.5, 0.6) is 0 Å². The van der Waals surface area contributed by atoms with Crippen LogP contribution in [0, 0.1) is 6.92 Å². The lowest BCUT2D eigenvalue weighted by Crippen LogP contribution is -2.55. The van der Waals surface area contributed by atoms with Crippen molar-refractivity contribution in [3.63, 3.8) is 0 Å². The first-order valence-electron chi connectivity index (χ1n) is 6.66. The monoisotopic (exact) mass is 248 g/mol. The van der Waals surface area contributed by atoms with Gasteiger partial charge in [0.15, 0.2) is 0 Å². The number of morpholine rings is 1. The van der Waals surface area contributed by atoms with Gasteiger partial charge in [-0.3, -0.25) is 4.90 Å². The van der Waals surface area contributed by atoms with E-state index in [1.165, 1.54) is 11.1 Å². The van der Waals surface area contributed by atoms with Crippen molar-refractivity contribution in [3.8, 4) is 0 Å². The highest BCUT2D eigenvalue weighted by Gasteiger charge is 2.35. The lowest BCUT2D eigenvalue weighted by molar-refractivity contribution is -0.0713. The minimum absolute atomic E-state index is 0.0462. The third kappa shape index (κ3) is 2.58. The van der Waals surface area contributed by atoms with Crippen molar-refractivity contribution in [2.45, 2.75) is 32.4 Å². The highest BCUT2D eigenvalue weighted by molar-refractivity contribution is 5.29. The third-order valence-corrected chi connectivity index (χ3v) is 3.86. The van der Waals surface area contributed by atoms with Crippen LogP contribution in [0.4, 0.5) is 0 Å². The maximum absolute atomic E-state index is 6.04. The maximum atomic E-state index is 6.04. The molecule has 1 saturated heterocycles. The van der Waals surface area contributed by atoms with Gasteiger partial charge in [0.1, 0.15) is 0 Å². The predicted molar refractivity (Wildman–Crippen MR) is 74.6 cm³/mol. The Balaban J connectivity index is 2.31. The second-order valence-corrected chi connectivity index (χ2v) is 5.67. The number of aryl methyl sites for hydroxylation is 1. The predicted octanol–water partition coefficient (Wildman–Crippen LogP) is 2.11. The molecular weight excluding hydrogens is 224 g/mol. The molecule has 0 aliphatic carbocycles. The van der Waals surface area contributed by atoms with Crippen molar-refractivity contribution in [2.24, 2.45) is 5.73 Å². The summed E-state index contributed by atoms with van der Waals surface area (Å²) in [5.41, 5.74) is 8.75. The molecule has 0 amide bonds. The number of nitrogens with zero attached hydrogens (tertiary/aromatic N) is 1. The van der Waals surface area contributed by atoms with E-state index in [0.717, 1.165) is 19.8 Å². The topological polar surface area (TPSA) is 38.5 Å². The number of ether oxygens (including phenoxy) is 1. The van der Waals surface area contributed by atoms with Crippen LogP contribution >= 0.6 is 0 Å². The molecule has 3 nitrogen and oxygen atoms in total. The molecule has 1 aromatic rings. The zero-order valence-electron chi connectivity index (χ0n) is 11.6. The second-order valence-electron chi connectivity index (χ2n) is 5.67. The van der Waals surface area contributed by atoms with Gasteiger partial charge in [0, 0.05) is 24.7 Å². The molecule has 1 fully saturated rings. The van der Waals surface area contributed by atoms with E-state index in [-0.39, 0.29) is 11.6 Å². The van der Waals surface area contributed by atoms with Gasteiger partial charge in [0.05, 0.1) is 13.2 Å². The molecular formula is C15H24N2O. The molecule has 0 saturated carbocycles. The van der Waals surface area contributed by atoms with Crippen LogP contribution in [-0.4, -0.2) is 36.7 Å². The molecule has 1 aromatic carbocycles. The molecule has 0 radical (unpaired) electrons. The molecule has 1 unspecified atom stereocenters. The minimum Gasteiger partial charge on any atom is -0.378 e. The van der Waals surface area contributed by atoms with Gasteiger partial charge in [0.2, 0.25) is 0 Å². The quantitative estimate of drug-likeness (QED) is 0.890. The summed E-state index contributed by atoms with van der Waals surface area (Å²) in [4.78, 5) is 2.48. The van der Waals surface area contributed by atoms with E-state index in [1.54, 1.807) is 0 Å². The largest absolute Gasteiger partial charge is 0.378 e. The van der Waals surface area contributed by atoms with Crippen LogP contribution in [0.1, 0.15) is 31.0 Å². The first kappa shape index (κ1) is 13.5. The SMILES string of the molecule is Cc1ccccc1C(CN)N1CCOCC1(C)C. The minimum atomic E-state index is 0.0462. The van der Waals surface area contributed by atoms with Gasteiger partial charge >= 0.3 is 0 Å². The summed E-state index contributed by atoms with van der Waals surface area (Å²) in [6, 6.07) is 8.81. The summed E-state index contributed by atoms with van der Waals surface area (Å²) >= 11 is 0. The van der Waals surface area contributed by atoms with E-state index in [4.69, 9.17) is 10.5 Å². The Morgan fingerprint density at radius 2 is 2.11 bits per heavy atom. The zero-order valence-corrected chi connectivity index (χ0v) is 11.6. The van der Waals surface area contributed by atoms with Crippen LogP contribution in [0.15, 0.2) is 24.3 Å². The van der Waals surface area contributed by atoms with Crippen LogP contribution in [0.3, 0.4) is 0 Å². The van der Waals surface area contributed by atoms with Gasteiger partial charge in [-0.1, -0.05) is 24.3 Å². The molecule has 1 aliphatic heterocycles. The highest BCUT2D eigenvalue weighted by Crippen LogP contribution is 2.31. The Morgan fingerprint density at radius 1 is 1.39 bits per heavy atom. The highest BCUT2D eigenvalue weighted by atomic mass is 16.5. The smallest absolute Gasteiger partial charge is 0.0645 e. The van der Waals surface area contributed by atoms with Crippen molar-refractivity contribution in [1.29, 1.82) is 0 Å². The first-order chi connectivity index (χ1) is 8.56. The molecule has 1 atom stereocenters. The van der Waals surface area contributed by atoms with Gasteiger partial charge in [-0.05, 0) is 31.9 Å². The number of nitrogens with two attached hydrogens (primary N) is 1. The summed E-state index contributed by atoms with van der Waals surface area (Å²) in [5.74, 6) is 0. The van der Waals surface area contributed by atoms with Crippen LogP contribution < -0.4 is 5.73 Å². The standard InChI is InChI=1S/C15H24N2O/c1-12-6-4-5-7-13(12)14(10-16)17-8-9-18-11-15(17,2)3/h4-7,14H,8-11,16H2,1-3H3. The summed E-state index contributed by atoms with van der Waals surface area (Å²) in [6.07, 6.45) is 0. The van der Waals surface area contributed by atoms with Gasteiger partial charge in [-0.2, -0.15) is 0 Å². The average Bonchev–Trinajstić information content (AvgIpc) is 2.34. The molecule has 100 valence electrons. The Hall–Kier alpha value is -0.900. The van der Waals surface area contributed by atoms with E-state index in [1.807, 2.05) is 0 Å². The molecule has 18 heavy (non-hydrogen) atoms. The lowest BCUT2D eigenvalue weighted by atomic mass is 9.93. The molecule has 0 spiro atoms. The normalized spacial score (nSPS) is 21.8. The van der Waals surface area contributed by atoms with Crippen LogP contribution in [0.2, 0.25) is 0 Å². The average molecular weight is 248 g/mol. The van der Waals surface area contributed by atoms with Gasteiger partial charge < -0.3 is 10.5 Å². The molecule has 1 heterocycles. The summed E-state index contributed by atoms with van der Waals surface area (Å²) in [7, 11) is 0. The van der Waals surface area contributed by atoms with Crippen molar-refractivity contribution in [2.75, 3.05) is 26.3 Å². The Kier molecular flexibility index (Phi) is 4.05. The Bertz CT molecular complexity index is 403. The van der Waals surface area contributed by atoms with Crippen molar-refractivity contribution >= 4 is 0 Å². The molecule has 1 aliphatic rings. The number of hydrogen-bond donors (Lipinski definition) is 1. The fourth-order valence-corrected chi connectivity index (χ4v) is 2.83. The van der Waals surface area contributed by atoms with Crippen molar-refractivity contribution in [3.05, 3.63) is 35.4 Å². The lowest BCUT2D eigenvalue weighted by Gasteiger charge is -2.46. The molecule has 0 aromatic heterocycles.